The lowest BCUT2D eigenvalue weighted by atomic mass is 10.1. The lowest BCUT2D eigenvalue weighted by Gasteiger charge is -2.35. The smallest absolute Gasteiger partial charge is 0.410 e. The fourth-order valence-electron chi connectivity index (χ4n) is 3.04. The molecule has 1 saturated heterocycles. The third-order valence-electron chi connectivity index (χ3n) is 4.42. The maximum atomic E-state index is 13.4. The summed E-state index contributed by atoms with van der Waals surface area (Å²) < 4.78 is 18.7. The van der Waals surface area contributed by atoms with Gasteiger partial charge in [0.05, 0.1) is 16.8 Å². The molecule has 0 saturated carbocycles. The van der Waals surface area contributed by atoms with Crippen LogP contribution in [0.4, 0.5) is 9.18 Å². The predicted octanol–water partition coefficient (Wildman–Crippen LogP) is 3.38. The van der Waals surface area contributed by atoms with Crippen molar-refractivity contribution in [1.82, 2.24) is 14.8 Å². The summed E-state index contributed by atoms with van der Waals surface area (Å²) in [6.07, 6.45) is -0.361. The number of pyridine rings is 1. The van der Waals surface area contributed by atoms with E-state index in [1.54, 1.807) is 28.9 Å². The van der Waals surface area contributed by atoms with E-state index in [-0.39, 0.29) is 17.8 Å². The summed E-state index contributed by atoms with van der Waals surface area (Å²) in [6.45, 7) is 8.93. The minimum atomic E-state index is -0.544. The van der Waals surface area contributed by atoms with Gasteiger partial charge >= 0.3 is 6.09 Å². The van der Waals surface area contributed by atoms with Gasteiger partial charge in [0.25, 0.3) is 5.91 Å². The molecule has 1 aliphatic rings. The lowest BCUT2D eigenvalue weighted by molar-refractivity contribution is 0.0140. The van der Waals surface area contributed by atoms with Gasteiger partial charge in [0.1, 0.15) is 11.4 Å². The molecule has 0 atom stereocenters. The van der Waals surface area contributed by atoms with Gasteiger partial charge in [-0.15, -0.1) is 0 Å². The van der Waals surface area contributed by atoms with Crippen molar-refractivity contribution in [2.45, 2.75) is 33.3 Å². The van der Waals surface area contributed by atoms with E-state index in [0.29, 0.717) is 43.0 Å². The normalized spacial score (nSPS) is 15.1. The van der Waals surface area contributed by atoms with Crippen LogP contribution >= 0.6 is 0 Å². The van der Waals surface area contributed by atoms with Crippen LogP contribution in [-0.2, 0) is 4.74 Å². The van der Waals surface area contributed by atoms with Crippen molar-refractivity contribution in [3.05, 3.63) is 41.3 Å². The summed E-state index contributed by atoms with van der Waals surface area (Å²) in [6, 6.07) is 6.08. The molecule has 2 heterocycles. The molecule has 1 fully saturated rings. The number of carbonyl (C=O) groups excluding carboxylic acids is 2. The van der Waals surface area contributed by atoms with Crippen LogP contribution in [0.1, 0.15) is 36.8 Å². The van der Waals surface area contributed by atoms with Gasteiger partial charge in [0, 0.05) is 37.6 Å². The summed E-state index contributed by atoms with van der Waals surface area (Å²) in [5.41, 5.74) is 1.04. The van der Waals surface area contributed by atoms with Crippen molar-refractivity contribution in [2.75, 3.05) is 26.2 Å². The topological polar surface area (TPSA) is 62.7 Å². The number of amides is 2. The number of hydrogen-bond donors (Lipinski definition) is 0. The Bertz CT molecular complexity index is 884. The molecule has 27 heavy (non-hydrogen) atoms. The number of fused-ring (bicyclic) bond motifs is 1. The first-order valence-corrected chi connectivity index (χ1v) is 8.98. The van der Waals surface area contributed by atoms with Crippen LogP contribution in [0.3, 0.4) is 0 Å². The summed E-state index contributed by atoms with van der Waals surface area (Å²) in [5.74, 6) is -0.484. The Labute approximate surface area is 157 Å². The van der Waals surface area contributed by atoms with E-state index < -0.39 is 5.60 Å². The van der Waals surface area contributed by atoms with Gasteiger partial charge in [-0.05, 0) is 45.9 Å². The molecule has 144 valence electrons. The lowest BCUT2D eigenvalue weighted by Crippen LogP contribution is -2.51. The zero-order valence-electron chi connectivity index (χ0n) is 16.1. The molecule has 2 aromatic rings. The Morgan fingerprint density at radius 1 is 1.07 bits per heavy atom. The summed E-state index contributed by atoms with van der Waals surface area (Å²) in [4.78, 5) is 32.7. The number of ether oxygens (including phenoxy) is 1. The van der Waals surface area contributed by atoms with Gasteiger partial charge in [0.15, 0.2) is 0 Å². The second kappa shape index (κ2) is 7.13. The molecule has 0 aliphatic carbocycles. The number of hydrogen-bond acceptors (Lipinski definition) is 4. The van der Waals surface area contributed by atoms with Gasteiger partial charge < -0.3 is 14.5 Å². The summed E-state index contributed by atoms with van der Waals surface area (Å²) in [7, 11) is 0. The fraction of sp³-hybridized carbons (Fsp3) is 0.450. The number of carbonyl (C=O) groups is 2. The number of piperazine rings is 1. The third kappa shape index (κ3) is 4.35. The molecular formula is C20H24FN3O3. The Hall–Kier alpha value is -2.70. The molecule has 0 radical (unpaired) electrons. The van der Waals surface area contributed by atoms with Crippen LogP contribution in [0, 0.1) is 12.7 Å². The Balaban J connectivity index is 1.71. The number of aryl methyl sites for hydroxylation is 1. The van der Waals surface area contributed by atoms with E-state index in [0.717, 1.165) is 5.39 Å². The molecule has 0 unspecified atom stereocenters. The van der Waals surface area contributed by atoms with E-state index in [1.807, 2.05) is 20.8 Å². The number of halogens is 1. The predicted molar refractivity (Wildman–Crippen MR) is 100 cm³/mol. The van der Waals surface area contributed by atoms with Crippen molar-refractivity contribution in [2.24, 2.45) is 0 Å². The monoisotopic (exact) mass is 373 g/mol. The third-order valence-corrected chi connectivity index (χ3v) is 4.42. The molecule has 0 N–H and O–H groups in total. The summed E-state index contributed by atoms with van der Waals surface area (Å²) in [5, 5.41) is 0.720. The van der Waals surface area contributed by atoms with E-state index in [1.165, 1.54) is 12.1 Å². The molecule has 0 spiro atoms. The van der Waals surface area contributed by atoms with Crippen molar-refractivity contribution >= 4 is 22.9 Å². The molecule has 1 aromatic heterocycles. The maximum absolute atomic E-state index is 13.4. The highest BCUT2D eigenvalue weighted by Crippen LogP contribution is 2.20. The number of rotatable bonds is 1. The Morgan fingerprint density at radius 2 is 1.70 bits per heavy atom. The van der Waals surface area contributed by atoms with Crippen LogP contribution in [0.15, 0.2) is 24.3 Å². The van der Waals surface area contributed by atoms with Gasteiger partial charge in [-0.25, -0.2) is 9.18 Å². The first-order valence-electron chi connectivity index (χ1n) is 8.98. The van der Waals surface area contributed by atoms with E-state index in [9.17, 15) is 14.0 Å². The molecule has 6 nitrogen and oxygen atoms in total. The molecule has 1 aliphatic heterocycles. The van der Waals surface area contributed by atoms with E-state index >= 15 is 0 Å². The quantitative estimate of drug-likeness (QED) is 0.769. The minimum Gasteiger partial charge on any atom is -0.444 e. The number of nitrogens with zero attached hydrogens (tertiary/aromatic N) is 3. The van der Waals surface area contributed by atoms with Crippen LogP contribution in [-0.4, -0.2) is 58.6 Å². The van der Waals surface area contributed by atoms with Crippen LogP contribution < -0.4 is 0 Å². The van der Waals surface area contributed by atoms with Crippen molar-refractivity contribution in [1.29, 1.82) is 0 Å². The van der Waals surface area contributed by atoms with Gasteiger partial charge in [0.2, 0.25) is 0 Å². The van der Waals surface area contributed by atoms with E-state index in [4.69, 9.17) is 4.74 Å². The zero-order chi connectivity index (χ0) is 19.8. The fourth-order valence-corrected chi connectivity index (χ4v) is 3.04. The van der Waals surface area contributed by atoms with Crippen molar-refractivity contribution in [3.8, 4) is 0 Å². The average molecular weight is 373 g/mol. The maximum Gasteiger partial charge on any atom is 0.410 e. The molecule has 3 rings (SSSR count). The molecule has 1 aromatic carbocycles. The second-order valence-corrected chi connectivity index (χ2v) is 7.72. The highest BCUT2D eigenvalue weighted by atomic mass is 19.1. The second-order valence-electron chi connectivity index (χ2n) is 7.72. The average Bonchev–Trinajstić information content (AvgIpc) is 2.59. The standard InChI is InChI=1S/C20H24FN3O3/c1-13-16(11-14-5-6-15(21)12-17(14)22-13)18(25)23-7-9-24(10-8-23)19(26)27-20(2,3)4/h5-6,11-12H,7-10H2,1-4H3. The zero-order valence-corrected chi connectivity index (χ0v) is 16.1. The highest BCUT2D eigenvalue weighted by molar-refractivity contribution is 5.98. The Morgan fingerprint density at radius 3 is 2.33 bits per heavy atom. The Kier molecular flexibility index (Phi) is 5.04. The number of aromatic nitrogens is 1. The van der Waals surface area contributed by atoms with Crippen LogP contribution in [0.2, 0.25) is 0 Å². The summed E-state index contributed by atoms with van der Waals surface area (Å²) >= 11 is 0. The van der Waals surface area contributed by atoms with Crippen molar-refractivity contribution in [3.63, 3.8) is 0 Å². The SMILES string of the molecule is Cc1nc2cc(F)ccc2cc1C(=O)N1CCN(C(=O)OC(C)(C)C)CC1. The van der Waals surface area contributed by atoms with Crippen LogP contribution in [0.25, 0.3) is 10.9 Å². The van der Waals surface area contributed by atoms with Gasteiger partial charge in [-0.2, -0.15) is 0 Å². The van der Waals surface area contributed by atoms with Crippen LogP contribution in [0.5, 0.6) is 0 Å². The first kappa shape index (κ1) is 19.1. The highest BCUT2D eigenvalue weighted by Gasteiger charge is 2.28. The molecule has 7 heteroatoms. The van der Waals surface area contributed by atoms with Gasteiger partial charge in [-0.3, -0.25) is 9.78 Å². The minimum absolute atomic E-state index is 0.130. The molecule has 0 bridgehead atoms. The molecule has 2 amide bonds. The van der Waals surface area contributed by atoms with E-state index in [2.05, 4.69) is 4.98 Å². The molecular weight excluding hydrogens is 349 g/mol. The largest absolute Gasteiger partial charge is 0.444 e. The number of benzene rings is 1. The van der Waals surface area contributed by atoms with Crippen molar-refractivity contribution < 1.29 is 18.7 Å². The first-order chi connectivity index (χ1) is 12.6. The van der Waals surface area contributed by atoms with Gasteiger partial charge in [-0.1, -0.05) is 0 Å².